The van der Waals surface area contributed by atoms with Crippen LogP contribution < -0.4 is 15.4 Å². The molecule has 0 aliphatic rings. The average Bonchev–Trinajstić information content (AvgIpc) is 2.67. The van der Waals surface area contributed by atoms with Crippen LogP contribution in [0, 0.1) is 11.3 Å². The van der Waals surface area contributed by atoms with Gasteiger partial charge in [0.1, 0.15) is 5.75 Å². The van der Waals surface area contributed by atoms with Crippen LogP contribution in [0.3, 0.4) is 0 Å². The summed E-state index contributed by atoms with van der Waals surface area (Å²) in [5, 5.41) is 24.5. The van der Waals surface area contributed by atoms with Gasteiger partial charge in [0, 0.05) is 19.6 Å². The third-order valence-corrected chi connectivity index (χ3v) is 3.50. The second-order valence-electron chi connectivity index (χ2n) is 5.41. The lowest BCUT2D eigenvalue weighted by Gasteiger charge is -2.12. The molecule has 0 heterocycles. The molecule has 130 valence electrons. The van der Waals surface area contributed by atoms with Crippen LogP contribution in [0.25, 0.3) is 0 Å². The normalized spacial score (nSPS) is 11.4. The van der Waals surface area contributed by atoms with Crippen molar-refractivity contribution in [2.45, 2.75) is 6.10 Å². The molecule has 2 aromatic rings. The number of hydrogen-bond acceptors (Lipinski definition) is 5. The highest BCUT2D eigenvalue weighted by molar-refractivity contribution is 5.77. The summed E-state index contributed by atoms with van der Waals surface area (Å²) >= 11 is 0. The SMILES string of the molecule is N#Cc1ccc(OCC(=O)NCCNC[C@@H](O)c2ccccc2)cc1. The van der Waals surface area contributed by atoms with Crippen molar-refractivity contribution in [2.75, 3.05) is 26.2 Å². The van der Waals surface area contributed by atoms with Crippen LogP contribution in [-0.2, 0) is 4.79 Å². The molecular weight excluding hydrogens is 318 g/mol. The van der Waals surface area contributed by atoms with Crippen LogP contribution in [0.4, 0.5) is 0 Å². The van der Waals surface area contributed by atoms with Gasteiger partial charge in [-0.15, -0.1) is 0 Å². The van der Waals surface area contributed by atoms with Gasteiger partial charge in [-0.05, 0) is 29.8 Å². The highest BCUT2D eigenvalue weighted by Crippen LogP contribution is 2.11. The number of carbonyl (C=O) groups is 1. The maximum atomic E-state index is 11.7. The highest BCUT2D eigenvalue weighted by atomic mass is 16.5. The molecule has 2 rings (SSSR count). The van der Waals surface area contributed by atoms with Gasteiger partial charge < -0.3 is 20.5 Å². The summed E-state index contributed by atoms with van der Waals surface area (Å²) < 4.78 is 5.34. The summed E-state index contributed by atoms with van der Waals surface area (Å²) in [5.41, 5.74) is 1.40. The van der Waals surface area contributed by atoms with Crippen LogP contribution in [0.15, 0.2) is 54.6 Å². The Hall–Kier alpha value is -2.88. The van der Waals surface area contributed by atoms with E-state index in [4.69, 9.17) is 10.00 Å². The fourth-order valence-electron chi connectivity index (χ4n) is 2.15. The Balaban J connectivity index is 1.57. The highest BCUT2D eigenvalue weighted by Gasteiger charge is 2.06. The fourth-order valence-corrected chi connectivity index (χ4v) is 2.15. The number of nitrogens with one attached hydrogen (secondary N) is 2. The van der Waals surface area contributed by atoms with E-state index in [0.29, 0.717) is 30.9 Å². The van der Waals surface area contributed by atoms with E-state index in [1.165, 1.54) is 0 Å². The standard InChI is InChI=1S/C19H21N3O3/c20-12-15-6-8-17(9-7-15)25-14-19(24)22-11-10-21-13-18(23)16-4-2-1-3-5-16/h1-9,18,21,23H,10-11,13-14H2,(H,22,24)/t18-/m1/s1. The number of aliphatic hydroxyl groups is 1. The molecule has 3 N–H and O–H groups in total. The fraction of sp³-hybridized carbons (Fsp3) is 0.263. The lowest BCUT2D eigenvalue weighted by molar-refractivity contribution is -0.123. The Kier molecular flexibility index (Phi) is 7.44. The molecule has 2 aromatic carbocycles. The van der Waals surface area contributed by atoms with E-state index >= 15 is 0 Å². The zero-order valence-electron chi connectivity index (χ0n) is 13.8. The summed E-state index contributed by atoms with van der Waals surface area (Å²) in [6.07, 6.45) is -0.573. The third-order valence-electron chi connectivity index (χ3n) is 3.50. The minimum Gasteiger partial charge on any atom is -0.484 e. The van der Waals surface area contributed by atoms with E-state index < -0.39 is 6.10 Å². The smallest absolute Gasteiger partial charge is 0.257 e. The molecule has 1 atom stereocenters. The number of nitrogens with zero attached hydrogens (tertiary/aromatic N) is 1. The van der Waals surface area contributed by atoms with Gasteiger partial charge >= 0.3 is 0 Å². The van der Waals surface area contributed by atoms with Crippen LogP contribution in [0.1, 0.15) is 17.2 Å². The molecule has 0 saturated heterocycles. The van der Waals surface area contributed by atoms with Crippen LogP contribution >= 0.6 is 0 Å². The van der Waals surface area contributed by atoms with Crippen molar-refractivity contribution in [3.8, 4) is 11.8 Å². The lowest BCUT2D eigenvalue weighted by Crippen LogP contribution is -2.35. The number of hydrogen-bond donors (Lipinski definition) is 3. The first-order valence-electron chi connectivity index (χ1n) is 8.02. The molecule has 0 saturated carbocycles. The zero-order valence-corrected chi connectivity index (χ0v) is 13.8. The summed E-state index contributed by atoms with van der Waals surface area (Å²) in [4.78, 5) is 11.7. The van der Waals surface area contributed by atoms with E-state index in [1.54, 1.807) is 24.3 Å². The van der Waals surface area contributed by atoms with Crippen LogP contribution in [0.2, 0.25) is 0 Å². The third kappa shape index (κ3) is 6.63. The van der Waals surface area contributed by atoms with E-state index in [2.05, 4.69) is 10.6 Å². The molecule has 0 aliphatic heterocycles. The Labute approximate surface area is 147 Å². The molecule has 0 aromatic heterocycles. The Bertz CT molecular complexity index is 696. The molecule has 0 unspecified atom stereocenters. The van der Waals surface area contributed by atoms with Crippen LogP contribution in [0.5, 0.6) is 5.75 Å². The predicted molar refractivity (Wildman–Crippen MR) is 93.9 cm³/mol. The van der Waals surface area contributed by atoms with Crippen molar-refractivity contribution in [3.63, 3.8) is 0 Å². The van der Waals surface area contributed by atoms with E-state index in [9.17, 15) is 9.90 Å². The first kappa shape index (κ1) is 18.5. The van der Waals surface area contributed by atoms with Crippen molar-refractivity contribution >= 4 is 5.91 Å². The van der Waals surface area contributed by atoms with Crippen LogP contribution in [-0.4, -0.2) is 37.3 Å². The van der Waals surface area contributed by atoms with Crippen molar-refractivity contribution in [2.24, 2.45) is 0 Å². The number of carbonyl (C=O) groups excluding carboxylic acids is 1. The minimum absolute atomic E-state index is 0.0848. The first-order valence-corrected chi connectivity index (χ1v) is 8.02. The summed E-state index contributed by atoms with van der Waals surface area (Å²) in [6, 6.07) is 18.0. The van der Waals surface area contributed by atoms with E-state index in [0.717, 1.165) is 5.56 Å². The predicted octanol–water partition coefficient (Wildman–Crippen LogP) is 1.38. The molecule has 6 nitrogen and oxygen atoms in total. The zero-order chi connectivity index (χ0) is 17.9. The van der Waals surface area contributed by atoms with Gasteiger partial charge in [0.05, 0.1) is 17.7 Å². The molecule has 0 fully saturated rings. The minimum atomic E-state index is -0.573. The summed E-state index contributed by atoms with van der Waals surface area (Å²) in [6.45, 7) is 1.32. The summed E-state index contributed by atoms with van der Waals surface area (Å²) in [5.74, 6) is 0.313. The molecule has 1 amide bonds. The molecule has 25 heavy (non-hydrogen) atoms. The largest absolute Gasteiger partial charge is 0.484 e. The quantitative estimate of drug-likeness (QED) is 0.600. The number of benzene rings is 2. The molecule has 0 spiro atoms. The summed E-state index contributed by atoms with van der Waals surface area (Å²) in [7, 11) is 0. The van der Waals surface area contributed by atoms with Gasteiger partial charge in [0.25, 0.3) is 5.91 Å². The Morgan fingerprint density at radius 3 is 2.52 bits per heavy atom. The van der Waals surface area contributed by atoms with E-state index in [-0.39, 0.29) is 12.5 Å². The van der Waals surface area contributed by atoms with Gasteiger partial charge in [-0.3, -0.25) is 4.79 Å². The monoisotopic (exact) mass is 339 g/mol. The second-order valence-corrected chi connectivity index (χ2v) is 5.41. The lowest BCUT2D eigenvalue weighted by atomic mass is 10.1. The number of nitriles is 1. The van der Waals surface area contributed by atoms with E-state index in [1.807, 2.05) is 36.4 Å². The topological polar surface area (TPSA) is 94.4 Å². The Morgan fingerprint density at radius 1 is 1.12 bits per heavy atom. The molecule has 0 bridgehead atoms. The second kappa shape index (κ2) is 10.1. The maximum Gasteiger partial charge on any atom is 0.257 e. The number of amides is 1. The maximum absolute atomic E-state index is 11.7. The number of aliphatic hydroxyl groups excluding tert-OH is 1. The van der Waals surface area contributed by atoms with Gasteiger partial charge in [0.2, 0.25) is 0 Å². The molecule has 0 aliphatic carbocycles. The molecular formula is C19H21N3O3. The number of rotatable bonds is 9. The number of ether oxygens (including phenoxy) is 1. The van der Waals surface area contributed by atoms with Crippen molar-refractivity contribution in [1.29, 1.82) is 5.26 Å². The van der Waals surface area contributed by atoms with Crippen molar-refractivity contribution < 1.29 is 14.6 Å². The molecule has 0 radical (unpaired) electrons. The van der Waals surface area contributed by atoms with Gasteiger partial charge in [-0.1, -0.05) is 30.3 Å². The average molecular weight is 339 g/mol. The van der Waals surface area contributed by atoms with Crippen molar-refractivity contribution in [3.05, 3.63) is 65.7 Å². The first-order chi connectivity index (χ1) is 12.2. The van der Waals surface area contributed by atoms with Gasteiger partial charge in [0.15, 0.2) is 6.61 Å². The Morgan fingerprint density at radius 2 is 1.84 bits per heavy atom. The van der Waals surface area contributed by atoms with Gasteiger partial charge in [-0.2, -0.15) is 5.26 Å². The molecule has 6 heteroatoms. The van der Waals surface area contributed by atoms with Crippen molar-refractivity contribution in [1.82, 2.24) is 10.6 Å². The van der Waals surface area contributed by atoms with Gasteiger partial charge in [-0.25, -0.2) is 0 Å².